The molecule has 0 aliphatic rings. The molecule has 104 valence electrons. The Labute approximate surface area is 102 Å². The van der Waals surface area contributed by atoms with Gasteiger partial charge in [-0.25, -0.2) is 0 Å². The van der Waals surface area contributed by atoms with Crippen LogP contribution in [0, 0.1) is 5.92 Å². The predicted molar refractivity (Wildman–Crippen MR) is 65.8 cm³/mol. The quantitative estimate of drug-likeness (QED) is 0.422. The van der Waals surface area contributed by atoms with Crippen LogP contribution in [0.4, 0.5) is 0 Å². The van der Waals surface area contributed by atoms with Crippen molar-refractivity contribution in [2.24, 2.45) is 5.92 Å². The van der Waals surface area contributed by atoms with E-state index in [1.807, 2.05) is 13.8 Å². The third kappa shape index (κ3) is 4.82. The van der Waals surface area contributed by atoms with Crippen molar-refractivity contribution < 1.29 is 28.7 Å². The fourth-order valence-electron chi connectivity index (χ4n) is 1.47. The minimum absolute atomic E-state index is 0.172. The van der Waals surface area contributed by atoms with E-state index in [4.69, 9.17) is 19.6 Å². The summed E-state index contributed by atoms with van der Waals surface area (Å²) in [5, 5.41) is 0. The van der Waals surface area contributed by atoms with Crippen LogP contribution < -0.4 is 0 Å². The molecule has 0 heterocycles. The van der Waals surface area contributed by atoms with E-state index in [-0.39, 0.29) is 6.42 Å². The fraction of sp³-hybridized carbons (Fsp3) is 1.00. The van der Waals surface area contributed by atoms with Crippen LogP contribution in [0.15, 0.2) is 0 Å². The summed E-state index contributed by atoms with van der Waals surface area (Å²) in [7, 11) is -9.67. The summed E-state index contributed by atoms with van der Waals surface area (Å²) in [6.07, 6.45) is 1.80. The largest absolute Gasteiger partial charge is 0.343 e. The fourth-order valence-corrected chi connectivity index (χ4v) is 3.73. The molecule has 17 heavy (non-hydrogen) atoms. The Bertz CT molecular complexity index is 306. The van der Waals surface area contributed by atoms with Crippen molar-refractivity contribution in [3.8, 4) is 0 Å². The molecule has 0 saturated heterocycles. The Morgan fingerprint density at radius 1 is 1.00 bits per heavy atom. The molecule has 6 nitrogen and oxygen atoms in total. The number of unbranched alkanes of at least 4 members (excludes halogenated alkanes) is 1. The van der Waals surface area contributed by atoms with Gasteiger partial charge in [0.1, 0.15) is 0 Å². The van der Waals surface area contributed by atoms with Crippen LogP contribution in [-0.4, -0.2) is 24.5 Å². The zero-order valence-corrected chi connectivity index (χ0v) is 12.2. The first-order valence-electron chi connectivity index (χ1n) is 5.53. The Kier molecular flexibility index (Phi) is 6.07. The average Bonchev–Trinajstić information content (AvgIpc) is 2.07. The van der Waals surface area contributed by atoms with E-state index in [1.54, 1.807) is 0 Å². The van der Waals surface area contributed by atoms with E-state index in [0.717, 1.165) is 13.3 Å². The van der Waals surface area contributed by atoms with Gasteiger partial charge in [0.25, 0.3) is 0 Å². The smallest absolute Gasteiger partial charge is 0.324 e. The van der Waals surface area contributed by atoms with Gasteiger partial charge in [0, 0.05) is 0 Å². The first kappa shape index (κ1) is 17.3. The van der Waals surface area contributed by atoms with E-state index in [2.05, 4.69) is 0 Å². The van der Waals surface area contributed by atoms with Gasteiger partial charge in [-0.15, -0.1) is 0 Å². The number of hydrogen-bond donors (Lipinski definition) is 4. The highest BCUT2D eigenvalue weighted by Gasteiger charge is 2.55. The molecule has 0 rings (SSSR count). The molecule has 0 saturated carbocycles. The van der Waals surface area contributed by atoms with Crippen molar-refractivity contribution in [1.82, 2.24) is 0 Å². The average molecular weight is 288 g/mol. The molecule has 0 amide bonds. The summed E-state index contributed by atoms with van der Waals surface area (Å²) in [5.41, 5.74) is 0. The maximum absolute atomic E-state index is 11.2. The molecule has 0 aliphatic heterocycles. The third-order valence-electron chi connectivity index (χ3n) is 2.94. The van der Waals surface area contributed by atoms with Crippen molar-refractivity contribution in [2.75, 3.05) is 0 Å². The number of hydrogen-bond acceptors (Lipinski definition) is 2. The molecule has 0 aromatic carbocycles. The number of rotatable bonds is 7. The SMILES string of the molecule is CC(C)CCCCC(C)(P(=O)(O)O)P(=O)(O)O. The molecule has 0 atom stereocenters. The zero-order valence-electron chi connectivity index (χ0n) is 10.4. The lowest BCUT2D eigenvalue weighted by Gasteiger charge is -2.30. The summed E-state index contributed by atoms with van der Waals surface area (Å²) in [4.78, 5) is 34.1. The first-order valence-corrected chi connectivity index (χ1v) is 8.75. The lowest BCUT2D eigenvalue weighted by Crippen LogP contribution is -2.24. The van der Waals surface area contributed by atoms with Gasteiger partial charge >= 0.3 is 15.2 Å². The second-order valence-electron chi connectivity index (χ2n) is 4.94. The standard InChI is InChI=1S/C9H22O6P2/c1-8(2)6-4-5-7-9(3,16(10,11)12)17(13,14)15/h8H,4-7H2,1-3H3,(H2,10,11,12)(H2,13,14,15). The summed E-state index contributed by atoms with van der Waals surface area (Å²) < 4.78 is 22.5. The molecule has 0 aromatic heterocycles. The molecule has 4 N–H and O–H groups in total. The van der Waals surface area contributed by atoms with Crippen LogP contribution in [0.3, 0.4) is 0 Å². The van der Waals surface area contributed by atoms with Crippen molar-refractivity contribution in [3.63, 3.8) is 0 Å². The Hall–Kier alpha value is 0.300. The van der Waals surface area contributed by atoms with E-state index >= 15 is 0 Å². The summed E-state index contributed by atoms with van der Waals surface area (Å²) in [6, 6.07) is 0. The highest BCUT2D eigenvalue weighted by Crippen LogP contribution is 2.70. The van der Waals surface area contributed by atoms with Crippen LogP contribution in [0.2, 0.25) is 0 Å². The van der Waals surface area contributed by atoms with Crippen LogP contribution >= 0.6 is 15.2 Å². The first-order chi connectivity index (χ1) is 7.42. The molecule has 0 spiro atoms. The van der Waals surface area contributed by atoms with E-state index in [9.17, 15) is 9.13 Å². The lowest BCUT2D eigenvalue weighted by atomic mass is 10.0. The minimum Gasteiger partial charge on any atom is -0.324 e. The Morgan fingerprint density at radius 3 is 1.71 bits per heavy atom. The maximum Gasteiger partial charge on any atom is 0.343 e. The van der Waals surface area contributed by atoms with E-state index in [1.165, 1.54) is 0 Å². The molecule has 0 aliphatic carbocycles. The highest BCUT2D eigenvalue weighted by molar-refractivity contribution is 7.72. The molecule has 0 fully saturated rings. The molecule has 8 heteroatoms. The van der Waals surface area contributed by atoms with Gasteiger partial charge in [0.2, 0.25) is 0 Å². The van der Waals surface area contributed by atoms with Crippen LogP contribution in [0.1, 0.15) is 46.5 Å². The lowest BCUT2D eigenvalue weighted by molar-refractivity contribution is 0.304. The van der Waals surface area contributed by atoms with Gasteiger partial charge in [-0.05, 0) is 19.3 Å². The van der Waals surface area contributed by atoms with Crippen LogP contribution in [0.25, 0.3) is 0 Å². The van der Waals surface area contributed by atoms with Gasteiger partial charge in [0.05, 0.1) is 0 Å². The van der Waals surface area contributed by atoms with Gasteiger partial charge in [-0.3, -0.25) is 9.13 Å². The van der Waals surface area contributed by atoms with Crippen molar-refractivity contribution in [1.29, 1.82) is 0 Å². The molecule has 0 radical (unpaired) electrons. The van der Waals surface area contributed by atoms with Crippen LogP contribution in [0.5, 0.6) is 0 Å². The second kappa shape index (κ2) is 5.96. The topological polar surface area (TPSA) is 115 Å². The minimum atomic E-state index is -4.84. The Balaban J connectivity index is 4.66. The van der Waals surface area contributed by atoms with Gasteiger partial charge in [-0.2, -0.15) is 0 Å². The molecular weight excluding hydrogens is 266 g/mol. The summed E-state index contributed by atoms with van der Waals surface area (Å²) in [5.74, 6) is 0.464. The molecule has 0 bridgehead atoms. The van der Waals surface area contributed by atoms with Gasteiger partial charge < -0.3 is 19.6 Å². The maximum atomic E-state index is 11.2. The second-order valence-corrected chi connectivity index (χ2v) is 9.45. The Morgan fingerprint density at radius 2 is 1.41 bits per heavy atom. The van der Waals surface area contributed by atoms with Crippen LogP contribution in [-0.2, 0) is 9.13 Å². The summed E-state index contributed by atoms with van der Waals surface area (Å²) in [6.45, 7) is 5.00. The van der Waals surface area contributed by atoms with E-state index in [0.29, 0.717) is 18.8 Å². The van der Waals surface area contributed by atoms with Gasteiger partial charge in [-0.1, -0.05) is 33.1 Å². The summed E-state index contributed by atoms with van der Waals surface area (Å²) >= 11 is 0. The normalized spacial score (nSPS) is 14.4. The molecule has 0 unspecified atom stereocenters. The van der Waals surface area contributed by atoms with Crippen molar-refractivity contribution in [3.05, 3.63) is 0 Å². The van der Waals surface area contributed by atoms with Crippen molar-refractivity contribution >= 4 is 15.2 Å². The van der Waals surface area contributed by atoms with Gasteiger partial charge in [0.15, 0.2) is 4.90 Å². The predicted octanol–water partition coefficient (Wildman–Crippen LogP) is 2.27. The molecular formula is C9H22O6P2. The zero-order chi connectivity index (χ0) is 13.9. The monoisotopic (exact) mass is 288 g/mol. The van der Waals surface area contributed by atoms with E-state index < -0.39 is 20.1 Å². The highest BCUT2D eigenvalue weighted by atomic mass is 31.2. The third-order valence-corrected chi connectivity index (χ3v) is 7.46. The van der Waals surface area contributed by atoms with Crippen molar-refractivity contribution in [2.45, 2.75) is 51.4 Å². The molecule has 0 aromatic rings.